The summed E-state index contributed by atoms with van der Waals surface area (Å²) >= 11 is 13.7. The third-order valence-corrected chi connectivity index (χ3v) is 18.2. The Kier molecular flexibility index (Phi) is 20.3. The number of hydrogen-bond donors (Lipinski definition) is 0. The van der Waals surface area contributed by atoms with Gasteiger partial charge in [-0.2, -0.15) is 17.5 Å². The van der Waals surface area contributed by atoms with Crippen LogP contribution in [0.4, 0.5) is 0 Å². The lowest BCUT2D eigenvalue weighted by atomic mass is 9.71. The van der Waals surface area contributed by atoms with Gasteiger partial charge in [0, 0.05) is 27.6 Å². The Labute approximate surface area is 411 Å². The number of hydrogen-bond acceptors (Lipinski definition) is 10. The van der Waals surface area contributed by atoms with Crippen molar-refractivity contribution in [2.24, 2.45) is 0 Å². The molecule has 0 radical (unpaired) electrons. The Morgan fingerprint density at radius 2 is 0.714 bits per heavy atom. The standard InChI is InChI=1S/C51H70Br2N6S4/c1-3-5-7-9-11-13-15-17-19-21-23-25-27-29-31-51(32-30-28-26-24-22-20-18-16-14-12-10-8-6-4-2)37-33-41(45-47-43(56-62-58-47)39(52)35-54-45)60-49(37)50-38(51)34-42(61-50)46-48-44(57-63-59-48)40(53)36-55-46/h33-36H,3-32H2,1-2H3. The van der Waals surface area contributed by atoms with Gasteiger partial charge in [-0.05, 0) is 68.0 Å². The van der Waals surface area contributed by atoms with E-state index in [1.807, 2.05) is 35.1 Å². The molecule has 1 aliphatic rings. The normalized spacial score (nSPS) is 13.2. The molecule has 342 valence electrons. The van der Waals surface area contributed by atoms with Gasteiger partial charge in [-0.1, -0.05) is 194 Å². The predicted octanol–water partition coefficient (Wildman–Crippen LogP) is 19.5. The van der Waals surface area contributed by atoms with Gasteiger partial charge in [-0.25, -0.2) is 0 Å². The average Bonchev–Trinajstić information content (AvgIpc) is 4.15. The van der Waals surface area contributed by atoms with Gasteiger partial charge < -0.3 is 0 Å². The zero-order valence-electron chi connectivity index (χ0n) is 38.1. The van der Waals surface area contributed by atoms with Crippen molar-refractivity contribution in [3.63, 3.8) is 0 Å². The van der Waals surface area contributed by atoms with Crippen molar-refractivity contribution in [3.8, 4) is 30.9 Å². The van der Waals surface area contributed by atoms with E-state index < -0.39 is 0 Å². The summed E-state index contributed by atoms with van der Waals surface area (Å²) in [6.07, 6.45) is 44.8. The van der Waals surface area contributed by atoms with Crippen LogP contribution in [-0.4, -0.2) is 27.5 Å². The number of pyridine rings is 2. The Hall–Kier alpha value is -1.70. The molecule has 0 fully saturated rings. The van der Waals surface area contributed by atoms with Gasteiger partial charge in [0.05, 0.1) is 42.2 Å². The fraction of sp³-hybridized carbons (Fsp3) is 0.647. The van der Waals surface area contributed by atoms with Crippen LogP contribution in [0.2, 0.25) is 0 Å². The number of nitrogens with zero attached hydrogens (tertiary/aromatic N) is 6. The molecule has 6 aromatic heterocycles. The lowest BCUT2D eigenvalue weighted by Crippen LogP contribution is -2.25. The molecule has 0 aromatic carbocycles. The third-order valence-electron chi connectivity index (χ3n) is 13.6. The molecule has 0 unspecified atom stereocenters. The summed E-state index contributed by atoms with van der Waals surface area (Å²) < 4.78 is 20.6. The molecule has 0 aliphatic heterocycles. The molecule has 0 spiro atoms. The van der Waals surface area contributed by atoms with Gasteiger partial charge in [-0.15, -0.1) is 22.7 Å². The highest BCUT2D eigenvalue weighted by Gasteiger charge is 2.46. The Morgan fingerprint density at radius 1 is 0.413 bits per heavy atom. The minimum absolute atomic E-state index is 0.0357. The topological polar surface area (TPSA) is 77.3 Å². The van der Waals surface area contributed by atoms with Crippen molar-refractivity contribution in [3.05, 3.63) is 44.6 Å². The zero-order chi connectivity index (χ0) is 43.7. The number of rotatable bonds is 32. The zero-order valence-corrected chi connectivity index (χ0v) is 44.5. The van der Waals surface area contributed by atoms with E-state index in [-0.39, 0.29) is 5.41 Å². The first-order valence-corrected chi connectivity index (χ1v) is 29.6. The molecule has 12 heteroatoms. The molecular formula is C51H70Br2N6S4. The number of thiophene rings is 2. The maximum absolute atomic E-state index is 4.98. The van der Waals surface area contributed by atoms with E-state index in [0.717, 1.165) is 42.4 Å². The van der Waals surface area contributed by atoms with Gasteiger partial charge in [0.25, 0.3) is 0 Å². The summed E-state index contributed by atoms with van der Waals surface area (Å²) in [5.74, 6) is 0. The van der Waals surface area contributed by atoms with Crippen LogP contribution in [0.1, 0.15) is 218 Å². The van der Waals surface area contributed by atoms with E-state index in [9.17, 15) is 0 Å². The average molecular weight is 1060 g/mol. The second kappa shape index (κ2) is 26.0. The largest absolute Gasteiger partial charge is 0.252 e. The molecule has 0 amide bonds. The van der Waals surface area contributed by atoms with Crippen LogP contribution in [0.15, 0.2) is 33.5 Å². The Bertz CT molecular complexity index is 2120. The molecule has 0 saturated carbocycles. The van der Waals surface area contributed by atoms with Gasteiger partial charge in [-0.3, -0.25) is 9.97 Å². The smallest absolute Gasteiger partial charge is 0.133 e. The van der Waals surface area contributed by atoms with E-state index in [1.165, 1.54) is 247 Å². The van der Waals surface area contributed by atoms with Crippen LogP contribution in [0.5, 0.6) is 0 Å². The molecule has 0 bridgehead atoms. The van der Waals surface area contributed by atoms with Crippen LogP contribution in [0, 0.1) is 0 Å². The predicted molar refractivity (Wildman–Crippen MR) is 282 cm³/mol. The summed E-state index contributed by atoms with van der Waals surface area (Å²) in [4.78, 5) is 15.2. The summed E-state index contributed by atoms with van der Waals surface area (Å²) in [5.41, 5.74) is 8.48. The fourth-order valence-corrected chi connectivity index (χ4v) is 14.7. The quantitative estimate of drug-likeness (QED) is 0.0392. The lowest BCUT2D eigenvalue weighted by molar-refractivity contribution is 0.398. The van der Waals surface area contributed by atoms with Gasteiger partial charge in [0.1, 0.15) is 33.5 Å². The molecule has 0 atom stereocenters. The van der Waals surface area contributed by atoms with E-state index in [4.69, 9.17) is 18.7 Å². The summed E-state index contributed by atoms with van der Waals surface area (Å²) in [7, 11) is 0. The monoisotopic (exact) mass is 1050 g/mol. The Morgan fingerprint density at radius 3 is 1.05 bits per heavy atom. The van der Waals surface area contributed by atoms with Crippen LogP contribution in [-0.2, 0) is 5.41 Å². The number of unbranched alkanes of at least 4 members (excludes halogenated alkanes) is 26. The number of aromatic nitrogens is 6. The SMILES string of the molecule is CCCCCCCCCCCCCCCCC1(CCCCCCCCCCCCCCCC)c2cc(-c3ncc(Br)c4nsnc34)sc2-c2sc(-c3ncc(Br)c4nsnc34)cc21. The van der Waals surface area contributed by atoms with Gasteiger partial charge in [0.2, 0.25) is 0 Å². The minimum Gasteiger partial charge on any atom is -0.252 e. The van der Waals surface area contributed by atoms with Crippen molar-refractivity contribution in [1.82, 2.24) is 27.5 Å². The lowest BCUT2D eigenvalue weighted by Gasteiger charge is -2.31. The highest BCUT2D eigenvalue weighted by molar-refractivity contribution is 9.11. The maximum atomic E-state index is 4.98. The first-order valence-electron chi connectivity index (χ1n) is 24.9. The van der Waals surface area contributed by atoms with E-state index >= 15 is 0 Å². The van der Waals surface area contributed by atoms with Crippen LogP contribution in [0.3, 0.4) is 0 Å². The highest BCUT2D eigenvalue weighted by Crippen LogP contribution is 2.62. The van der Waals surface area contributed by atoms with Crippen LogP contribution in [0.25, 0.3) is 53.0 Å². The van der Waals surface area contributed by atoms with Crippen LogP contribution < -0.4 is 0 Å². The Balaban J connectivity index is 1.06. The van der Waals surface area contributed by atoms with Crippen LogP contribution >= 0.6 is 78.0 Å². The highest BCUT2D eigenvalue weighted by atomic mass is 79.9. The molecule has 0 N–H and O–H groups in total. The maximum Gasteiger partial charge on any atom is 0.133 e. The van der Waals surface area contributed by atoms with Gasteiger partial charge >= 0.3 is 0 Å². The minimum atomic E-state index is -0.0357. The summed E-state index contributed by atoms with van der Waals surface area (Å²) in [6, 6.07) is 5.02. The van der Waals surface area contributed by atoms with Crippen molar-refractivity contribution in [1.29, 1.82) is 0 Å². The summed E-state index contributed by atoms with van der Waals surface area (Å²) in [5, 5.41) is 0. The molecule has 6 nitrogen and oxygen atoms in total. The molecule has 6 heterocycles. The number of fused-ring (bicyclic) bond motifs is 5. The first-order chi connectivity index (χ1) is 31.1. The molecule has 0 saturated heterocycles. The van der Waals surface area contributed by atoms with Crippen molar-refractivity contribution in [2.45, 2.75) is 212 Å². The van der Waals surface area contributed by atoms with Crippen molar-refractivity contribution >= 4 is 100 Å². The molecule has 7 rings (SSSR count). The fourth-order valence-electron chi connectivity index (χ4n) is 9.96. The third kappa shape index (κ3) is 12.8. The van der Waals surface area contributed by atoms with E-state index in [1.54, 1.807) is 0 Å². The first kappa shape index (κ1) is 49.2. The van der Waals surface area contributed by atoms with Crippen molar-refractivity contribution < 1.29 is 0 Å². The number of halogens is 2. The summed E-state index contributed by atoms with van der Waals surface area (Å²) in [6.45, 7) is 4.61. The molecule has 1 aliphatic carbocycles. The second-order valence-corrected chi connectivity index (χ2v) is 23.2. The molecular weight excluding hydrogens is 985 g/mol. The van der Waals surface area contributed by atoms with Crippen molar-refractivity contribution in [2.75, 3.05) is 0 Å². The molecule has 6 aromatic rings. The van der Waals surface area contributed by atoms with E-state index in [0.29, 0.717) is 0 Å². The van der Waals surface area contributed by atoms with Gasteiger partial charge in [0.15, 0.2) is 0 Å². The molecule has 63 heavy (non-hydrogen) atoms. The van der Waals surface area contributed by atoms with E-state index in [2.05, 4.69) is 66.6 Å². The second-order valence-electron chi connectivity index (χ2n) is 18.3.